The van der Waals surface area contributed by atoms with Crippen LogP contribution in [0.1, 0.15) is 119 Å². The first-order valence-corrected chi connectivity index (χ1v) is 12.9. The van der Waals surface area contributed by atoms with Gasteiger partial charge in [-0.3, -0.25) is 9.78 Å². The van der Waals surface area contributed by atoms with Crippen LogP contribution >= 0.6 is 0 Å². The summed E-state index contributed by atoms with van der Waals surface area (Å²) in [6.07, 6.45) is 21.0. The maximum Gasteiger partial charge on any atom is 0.260 e. The molecule has 0 aliphatic carbocycles. The Bertz CT molecular complexity index is 748. The van der Waals surface area contributed by atoms with E-state index < -0.39 is 6.10 Å². The molecule has 0 bridgehead atoms. The van der Waals surface area contributed by atoms with Gasteiger partial charge in [-0.05, 0) is 24.6 Å². The number of pyridine rings is 2. The third-order valence-electron chi connectivity index (χ3n) is 6.16. The number of hydrogen-bond acceptors (Lipinski definition) is 3. The van der Waals surface area contributed by atoms with E-state index >= 15 is 0 Å². The number of carbonyl (C=O) groups is 1. The summed E-state index contributed by atoms with van der Waals surface area (Å²) in [7, 11) is 0. The smallest absolute Gasteiger partial charge is 0.260 e. The van der Waals surface area contributed by atoms with Gasteiger partial charge in [0, 0.05) is 24.8 Å². The minimum absolute atomic E-state index is 0.297. The summed E-state index contributed by atoms with van der Waals surface area (Å²) in [4.78, 5) is 16.9. The fourth-order valence-corrected chi connectivity index (χ4v) is 4.18. The number of ketones is 1. The number of aryl methyl sites for hydroxylation is 1. The number of aliphatic hydroxyl groups is 1. The van der Waals surface area contributed by atoms with Crippen LogP contribution < -0.4 is 4.57 Å². The number of nitrogens with zero attached hydrogens (tertiary/aromatic N) is 2. The first kappa shape index (κ1) is 26.2. The van der Waals surface area contributed by atoms with Crippen molar-refractivity contribution in [1.29, 1.82) is 0 Å². The third-order valence-corrected chi connectivity index (χ3v) is 6.16. The molecule has 0 fully saturated rings. The van der Waals surface area contributed by atoms with Crippen molar-refractivity contribution < 1.29 is 14.5 Å². The molecular formula is C28H43N2O2+. The van der Waals surface area contributed by atoms with Gasteiger partial charge in [0.05, 0.1) is 5.69 Å². The second kappa shape index (κ2) is 16.5. The first-order chi connectivity index (χ1) is 15.7. The molecule has 176 valence electrons. The van der Waals surface area contributed by atoms with Gasteiger partial charge in [-0.15, -0.1) is 0 Å². The predicted octanol–water partition coefficient (Wildman–Crippen LogP) is 6.77. The summed E-state index contributed by atoms with van der Waals surface area (Å²) < 4.78 is 1.97. The zero-order chi connectivity index (χ0) is 22.9. The highest BCUT2D eigenvalue weighted by Crippen LogP contribution is 2.15. The average molecular weight is 440 g/mol. The Hall–Kier alpha value is -2.07. The largest absolute Gasteiger partial charge is 0.378 e. The minimum Gasteiger partial charge on any atom is -0.378 e. The lowest BCUT2D eigenvalue weighted by Crippen LogP contribution is -2.41. The maximum absolute atomic E-state index is 12.8. The average Bonchev–Trinajstić information content (AvgIpc) is 2.84. The second-order valence-corrected chi connectivity index (χ2v) is 8.90. The standard InChI is InChI=1S/C28H43N2O2/c1-2-3-4-5-6-7-8-9-10-11-12-13-14-18-23-30-24-19-16-21-26(30)28(32)27(31)25-20-15-17-22-29-25/h15-17,19-22,24,27,31H,2-14,18,23H2,1H3/q+1. The Labute approximate surface area is 195 Å². The molecule has 0 radical (unpaired) electrons. The Morgan fingerprint density at radius 2 is 1.38 bits per heavy atom. The molecule has 2 rings (SSSR count). The Morgan fingerprint density at radius 3 is 1.94 bits per heavy atom. The van der Waals surface area contributed by atoms with Crippen molar-refractivity contribution in [2.24, 2.45) is 0 Å². The topological polar surface area (TPSA) is 54.1 Å². The van der Waals surface area contributed by atoms with Crippen molar-refractivity contribution >= 4 is 5.78 Å². The van der Waals surface area contributed by atoms with Crippen molar-refractivity contribution in [3.8, 4) is 0 Å². The first-order valence-electron chi connectivity index (χ1n) is 12.9. The monoisotopic (exact) mass is 439 g/mol. The van der Waals surface area contributed by atoms with Crippen LogP contribution in [0.2, 0.25) is 0 Å². The van der Waals surface area contributed by atoms with Crippen LogP contribution in [0.4, 0.5) is 0 Å². The molecule has 0 aliphatic rings. The normalized spacial score (nSPS) is 12.1. The number of aromatic nitrogens is 2. The molecule has 2 aromatic heterocycles. The van der Waals surface area contributed by atoms with Gasteiger partial charge in [0.1, 0.15) is 6.54 Å². The van der Waals surface area contributed by atoms with Gasteiger partial charge in [0.15, 0.2) is 12.3 Å². The molecular weight excluding hydrogens is 396 g/mol. The molecule has 0 saturated heterocycles. The van der Waals surface area contributed by atoms with E-state index in [1.807, 2.05) is 22.9 Å². The number of rotatable bonds is 18. The molecule has 1 atom stereocenters. The molecule has 0 aliphatic heterocycles. The highest BCUT2D eigenvalue weighted by Gasteiger charge is 2.27. The van der Waals surface area contributed by atoms with Crippen LogP contribution in [0.3, 0.4) is 0 Å². The van der Waals surface area contributed by atoms with Gasteiger partial charge >= 0.3 is 0 Å². The van der Waals surface area contributed by atoms with Crippen molar-refractivity contribution in [2.75, 3.05) is 0 Å². The van der Waals surface area contributed by atoms with Gasteiger partial charge in [0.2, 0.25) is 0 Å². The minimum atomic E-state index is -1.22. The highest BCUT2D eigenvalue weighted by atomic mass is 16.3. The van der Waals surface area contributed by atoms with E-state index in [0.29, 0.717) is 11.4 Å². The van der Waals surface area contributed by atoms with Gasteiger partial charge in [0.25, 0.3) is 11.5 Å². The molecule has 4 heteroatoms. The Morgan fingerprint density at radius 1 is 0.812 bits per heavy atom. The summed E-state index contributed by atoms with van der Waals surface area (Å²) in [5.74, 6) is -0.297. The van der Waals surface area contributed by atoms with E-state index in [0.717, 1.165) is 13.0 Å². The summed E-state index contributed by atoms with van der Waals surface area (Å²) in [6.45, 7) is 3.07. The van der Waals surface area contributed by atoms with Crippen molar-refractivity contribution in [3.05, 3.63) is 60.2 Å². The molecule has 0 spiro atoms. The zero-order valence-corrected chi connectivity index (χ0v) is 20.1. The van der Waals surface area contributed by atoms with Crippen molar-refractivity contribution in [2.45, 2.75) is 109 Å². The van der Waals surface area contributed by atoms with Crippen LogP contribution in [-0.2, 0) is 6.54 Å². The predicted molar refractivity (Wildman–Crippen MR) is 130 cm³/mol. The summed E-state index contributed by atoms with van der Waals surface area (Å²) in [5.41, 5.74) is 0.935. The SMILES string of the molecule is CCCCCCCCCCCCCCCC[n+]1ccccc1C(=O)C(O)c1ccccn1. The molecule has 1 N–H and O–H groups in total. The lowest BCUT2D eigenvalue weighted by molar-refractivity contribution is -0.699. The summed E-state index contributed by atoms with van der Waals surface area (Å²) in [6, 6.07) is 10.8. The van der Waals surface area contributed by atoms with Gasteiger partial charge in [-0.25, -0.2) is 0 Å². The van der Waals surface area contributed by atoms with E-state index in [1.165, 1.54) is 83.5 Å². The molecule has 1 unspecified atom stereocenters. The Balaban J connectivity index is 1.59. The molecule has 0 aromatic carbocycles. The van der Waals surface area contributed by atoms with Crippen molar-refractivity contribution in [1.82, 2.24) is 4.98 Å². The van der Waals surface area contributed by atoms with Crippen LogP contribution in [0.15, 0.2) is 48.8 Å². The third kappa shape index (κ3) is 10.0. The van der Waals surface area contributed by atoms with Crippen molar-refractivity contribution in [3.63, 3.8) is 0 Å². The molecule has 2 aromatic rings. The van der Waals surface area contributed by atoms with Crippen LogP contribution in [-0.4, -0.2) is 15.9 Å². The summed E-state index contributed by atoms with van der Waals surface area (Å²) >= 11 is 0. The lowest BCUT2D eigenvalue weighted by Gasteiger charge is -2.09. The van der Waals surface area contributed by atoms with E-state index in [1.54, 1.807) is 30.5 Å². The Kier molecular flexibility index (Phi) is 13.5. The molecule has 32 heavy (non-hydrogen) atoms. The quantitative estimate of drug-likeness (QED) is 0.158. The number of Topliss-reactive ketones (excluding diaryl/α,β-unsaturated/α-hetero) is 1. The van der Waals surface area contributed by atoms with Gasteiger partial charge in [-0.2, -0.15) is 4.57 Å². The number of aliphatic hydroxyl groups excluding tert-OH is 1. The van der Waals surface area contributed by atoms with Gasteiger partial charge in [-0.1, -0.05) is 90.0 Å². The fraction of sp³-hybridized carbons (Fsp3) is 0.607. The molecule has 0 saturated carbocycles. The zero-order valence-electron chi connectivity index (χ0n) is 20.1. The molecule has 2 heterocycles. The fourth-order valence-electron chi connectivity index (χ4n) is 4.18. The van der Waals surface area contributed by atoms with E-state index in [9.17, 15) is 9.90 Å². The van der Waals surface area contributed by atoms with E-state index in [4.69, 9.17) is 0 Å². The van der Waals surface area contributed by atoms with Crippen LogP contribution in [0.25, 0.3) is 0 Å². The van der Waals surface area contributed by atoms with Gasteiger partial charge < -0.3 is 5.11 Å². The van der Waals surface area contributed by atoms with Crippen LogP contribution in [0.5, 0.6) is 0 Å². The van der Waals surface area contributed by atoms with E-state index in [-0.39, 0.29) is 5.78 Å². The van der Waals surface area contributed by atoms with Crippen LogP contribution in [0, 0.1) is 0 Å². The number of unbranched alkanes of at least 4 members (excludes halogenated alkanes) is 13. The molecule has 4 nitrogen and oxygen atoms in total. The highest BCUT2D eigenvalue weighted by molar-refractivity contribution is 5.96. The number of hydrogen-bond donors (Lipinski definition) is 1. The second-order valence-electron chi connectivity index (χ2n) is 8.90. The maximum atomic E-state index is 12.8. The molecule has 0 amide bonds. The number of carbonyl (C=O) groups excluding carboxylic acids is 1. The summed E-state index contributed by atoms with van der Waals surface area (Å²) in [5, 5.41) is 10.4. The lowest BCUT2D eigenvalue weighted by atomic mass is 10.0. The van der Waals surface area contributed by atoms with E-state index in [2.05, 4.69) is 11.9 Å².